The van der Waals surface area contributed by atoms with Crippen LogP contribution in [0.4, 0.5) is 0 Å². The molecule has 0 bridgehead atoms. The summed E-state index contributed by atoms with van der Waals surface area (Å²) in [6.07, 6.45) is 6.39. The quantitative estimate of drug-likeness (QED) is 0.309. The number of esters is 1. The monoisotopic (exact) mass is 336 g/mol. The smallest absolute Gasteiger partial charge is 0.316 e. The van der Waals surface area contributed by atoms with E-state index in [0.717, 1.165) is 24.8 Å². The lowest BCUT2D eigenvalue weighted by molar-refractivity contribution is -0.143. The van der Waals surface area contributed by atoms with Crippen LogP contribution in [-0.4, -0.2) is 27.3 Å². The lowest BCUT2D eigenvalue weighted by Crippen LogP contribution is -2.26. The Labute approximate surface area is 144 Å². The standard InChI is InChI=1S/C19H28O5/c1-19(2,3)18(20)24-17-15(22-5)12-14(13-16(17)23-6)10-8-7-9-11-21-4/h9,11-13H,7-8,10H2,1-6H3/b11-9+. The van der Waals surface area contributed by atoms with Crippen LogP contribution < -0.4 is 14.2 Å². The maximum absolute atomic E-state index is 12.2. The normalized spacial score (nSPS) is 11.4. The number of carbonyl (C=O) groups excluding carboxylic acids is 1. The van der Waals surface area contributed by atoms with E-state index in [-0.39, 0.29) is 5.97 Å². The molecule has 0 unspecified atom stereocenters. The maximum Gasteiger partial charge on any atom is 0.316 e. The lowest BCUT2D eigenvalue weighted by atomic mass is 9.97. The molecule has 0 aliphatic rings. The molecule has 0 fully saturated rings. The predicted octanol–water partition coefficient (Wildman–Crippen LogP) is 4.14. The van der Waals surface area contributed by atoms with Crippen LogP contribution in [0.5, 0.6) is 17.2 Å². The van der Waals surface area contributed by atoms with Gasteiger partial charge in [0.2, 0.25) is 5.75 Å². The molecule has 0 amide bonds. The molecule has 134 valence electrons. The molecule has 0 heterocycles. The summed E-state index contributed by atoms with van der Waals surface area (Å²) < 4.78 is 21.2. The first-order valence-corrected chi connectivity index (χ1v) is 7.98. The van der Waals surface area contributed by atoms with Crippen molar-refractivity contribution in [3.05, 3.63) is 30.0 Å². The minimum atomic E-state index is -0.609. The van der Waals surface area contributed by atoms with Crippen molar-refractivity contribution in [1.82, 2.24) is 0 Å². The summed E-state index contributed by atoms with van der Waals surface area (Å²) in [7, 11) is 4.73. The summed E-state index contributed by atoms with van der Waals surface area (Å²) in [5, 5.41) is 0. The van der Waals surface area contributed by atoms with Gasteiger partial charge in [-0.2, -0.15) is 0 Å². The summed E-state index contributed by atoms with van der Waals surface area (Å²) in [6.45, 7) is 5.41. The molecule has 0 aromatic heterocycles. The second-order valence-corrected chi connectivity index (χ2v) is 6.47. The van der Waals surface area contributed by atoms with Gasteiger partial charge >= 0.3 is 5.97 Å². The van der Waals surface area contributed by atoms with E-state index in [9.17, 15) is 4.79 Å². The van der Waals surface area contributed by atoms with Crippen LogP contribution in [0.15, 0.2) is 24.5 Å². The Morgan fingerprint density at radius 1 is 1.08 bits per heavy atom. The fraction of sp³-hybridized carbons (Fsp3) is 0.526. The minimum Gasteiger partial charge on any atom is -0.505 e. The van der Waals surface area contributed by atoms with Gasteiger partial charge in [-0.1, -0.05) is 0 Å². The van der Waals surface area contributed by atoms with Gasteiger partial charge in [0.05, 0.1) is 33.0 Å². The van der Waals surface area contributed by atoms with Gasteiger partial charge in [-0.3, -0.25) is 4.79 Å². The van der Waals surface area contributed by atoms with Crippen molar-refractivity contribution < 1.29 is 23.7 Å². The van der Waals surface area contributed by atoms with E-state index in [4.69, 9.17) is 18.9 Å². The zero-order valence-electron chi connectivity index (χ0n) is 15.5. The van der Waals surface area contributed by atoms with Crippen molar-refractivity contribution in [2.45, 2.75) is 40.0 Å². The number of hydrogen-bond acceptors (Lipinski definition) is 5. The molecule has 1 aromatic rings. The molecule has 5 nitrogen and oxygen atoms in total. The highest BCUT2D eigenvalue weighted by Gasteiger charge is 2.27. The lowest BCUT2D eigenvalue weighted by Gasteiger charge is -2.20. The second kappa shape index (κ2) is 9.21. The third-order valence-electron chi connectivity index (χ3n) is 3.40. The highest BCUT2D eigenvalue weighted by atomic mass is 16.6. The maximum atomic E-state index is 12.2. The Bertz CT molecular complexity index is 545. The van der Waals surface area contributed by atoms with Crippen molar-refractivity contribution in [2.75, 3.05) is 21.3 Å². The second-order valence-electron chi connectivity index (χ2n) is 6.47. The van der Waals surface area contributed by atoms with Gasteiger partial charge in [-0.15, -0.1) is 0 Å². The SMILES string of the molecule is CO/C=C/CCCc1cc(OC)c(OC(=O)C(C)(C)C)c(OC)c1. The number of benzene rings is 1. The van der Waals surface area contributed by atoms with Gasteiger partial charge in [0.15, 0.2) is 11.5 Å². The Kier molecular flexibility index (Phi) is 7.62. The summed E-state index contributed by atoms with van der Waals surface area (Å²) in [6, 6.07) is 3.77. The number of rotatable bonds is 8. The van der Waals surface area contributed by atoms with Crippen molar-refractivity contribution in [3.8, 4) is 17.2 Å². The number of methoxy groups -OCH3 is 3. The molecule has 0 aliphatic heterocycles. The van der Waals surface area contributed by atoms with Gasteiger partial charge in [0, 0.05) is 0 Å². The zero-order chi connectivity index (χ0) is 18.2. The Morgan fingerprint density at radius 3 is 2.12 bits per heavy atom. The van der Waals surface area contributed by atoms with E-state index in [1.165, 1.54) is 0 Å². The molecular weight excluding hydrogens is 308 g/mol. The fourth-order valence-electron chi connectivity index (χ4n) is 2.01. The van der Waals surface area contributed by atoms with Gasteiger partial charge in [0.25, 0.3) is 0 Å². The molecule has 0 radical (unpaired) electrons. The van der Waals surface area contributed by atoms with Crippen molar-refractivity contribution >= 4 is 5.97 Å². The van der Waals surface area contributed by atoms with Crippen LogP contribution >= 0.6 is 0 Å². The van der Waals surface area contributed by atoms with Gasteiger partial charge in [-0.05, 0) is 63.8 Å². The Morgan fingerprint density at radius 2 is 1.67 bits per heavy atom. The summed E-state index contributed by atoms with van der Waals surface area (Å²) >= 11 is 0. The molecule has 0 saturated carbocycles. The fourth-order valence-corrected chi connectivity index (χ4v) is 2.01. The summed E-state index contributed by atoms with van der Waals surface area (Å²) in [5.74, 6) is 0.975. The van der Waals surface area contributed by atoms with Crippen LogP contribution in [0.1, 0.15) is 39.2 Å². The average molecular weight is 336 g/mol. The molecule has 0 N–H and O–H groups in total. The summed E-state index contributed by atoms with van der Waals surface area (Å²) in [5.41, 5.74) is 0.452. The molecule has 0 atom stereocenters. The van der Waals surface area contributed by atoms with E-state index < -0.39 is 5.41 Å². The van der Waals surface area contributed by atoms with E-state index in [1.807, 2.05) is 18.2 Å². The minimum absolute atomic E-state index is 0.322. The van der Waals surface area contributed by atoms with E-state index in [1.54, 1.807) is 48.4 Å². The third-order valence-corrected chi connectivity index (χ3v) is 3.40. The highest BCUT2D eigenvalue weighted by Crippen LogP contribution is 2.40. The third kappa shape index (κ3) is 5.80. The van der Waals surface area contributed by atoms with Crippen LogP contribution in [-0.2, 0) is 16.0 Å². The molecular formula is C19H28O5. The predicted molar refractivity (Wildman–Crippen MR) is 93.7 cm³/mol. The number of aryl methyl sites for hydroxylation is 1. The van der Waals surface area contributed by atoms with E-state index in [2.05, 4.69) is 0 Å². The molecule has 0 aliphatic carbocycles. The number of ether oxygens (including phenoxy) is 4. The van der Waals surface area contributed by atoms with Gasteiger partial charge in [-0.25, -0.2) is 0 Å². The average Bonchev–Trinajstić information content (AvgIpc) is 2.54. The largest absolute Gasteiger partial charge is 0.505 e. The number of unbranched alkanes of at least 4 members (excludes halogenated alkanes) is 1. The first kappa shape index (κ1) is 19.9. The van der Waals surface area contributed by atoms with Gasteiger partial charge < -0.3 is 18.9 Å². The number of hydrogen-bond donors (Lipinski definition) is 0. The van der Waals surface area contributed by atoms with Crippen molar-refractivity contribution in [2.24, 2.45) is 5.41 Å². The summed E-state index contributed by atoms with van der Waals surface area (Å²) in [4.78, 5) is 12.2. The zero-order valence-corrected chi connectivity index (χ0v) is 15.5. The van der Waals surface area contributed by atoms with Crippen LogP contribution in [0.3, 0.4) is 0 Å². The van der Waals surface area contributed by atoms with Crippen LogP contribution in [0.25, 0.3) is 0 Å². The molecule has 24 heavy (non-hydrogen) atoms. The molecule has 0 spiro atoms. The van der Waals surface area contributed by atoms with Gasteiger partial charge in [0.1, 0.15) is 0 Å². The molecule has 0 saturated heterocycles. The molecule has 1 aromatic carbocycles. The Hall–Kier alpha value is -2.17. The van der Waals surface area contributed by atoms with E-state index >= 15 is 0 Å². The van der Waals surface area contributed by atoms with Crippen LogP contribution in [0, 0.1) is 5.41 Å². The topological polar surface area (TPSA) is 54.0 Å². The first-order valence-electron chi connectivity index (χ1n) is 7.98. The van der Waals surface area contributed by atoms with Crippen LogP contribution in [0.2, 0.25) is 0 Å². The first-order chi connectivity index (χ1) is 11.3. The van der Waals surface area contributed by atoms with E-state index in [0.29, 0.717) is 17.2 Å². The number of carbonyl (C=O) groups is 1. The Balaban J connectivity index is 2.97. The molecule has 1 rings (SSSR count). The highest BCUT2D eigenvalue weighted by molar-refractivity contribution is 5.79. The molecule has 5 heteroatoms. The van der Waals surface area contributed by atoms with Crippen molar-refractivity contribution in [3.63, 3.8) is 0 Å². The number of allylic oxidation sites excluding steroid dienone is 1. The van der Waals surface area contributed by atoms with Crippen molar-refractivity contribution in [1.29, 1.82) is 0 Å².